The third-order valence-corrected chi connectivity index (χ3v) is 4.63. The Morgan fingerprint density at radius 1 is 1.25 bits per heavy atom. The lowest BCUT2D eigenvalue weighted by atomic mass is 9.98. The van der Waals surface area contributed by atoms with Crippen molar-refractivity contribution in [3.63, 3.8) is 0 Å². The molecule has 0 radical (unpaired) electrons. The molecular formula is C20H27N3O. The third-order valence-electron chi connectivity index (χ3n) is 4.63. The average molecular weight is 325 g/mol. The maximum atomic E-state index is 5.99. The summed E-state index contributed by atoms with van der Waals surface area (Å²) in [5, 5.41) is 3.19. The van der Waals surface area contributed by atoms with Gasteiger partial charge in [0.1, 0.15) is 11.6 Å². The number of anilines is 1. The van der Waals surface area contributed by atoms with Crippen LogP contribution < -0.4 is 10.1 Å². The van der Waals surface area contributed by atoms with E-state index in [0.717, 1.165) is 37.8 Å². The van der Waals surface area contributed by atoms with Crippen molar-refractivity contribution in [3.8, 4) is 5.75 Å². The van der Waals surface area contributed by atoms with E-state index >= 15 is 0 Å². The number of nitrogens with zero attached hydrogens (tertiary/aromatic N) is 2. The van der Waals surface area contributed by atoms with Crippen LogP contribution in [0.25, 0.3) is 0 Å². The summed E-state index contributed by atoms with van der Waals surface area (Å²) in [6.45, 7) is 6.08. The van der Waals surface area contributed by atoms with Crippen molar-refractivity contribution in [1.29, 1.82) is 0 Å². The fraction of sp³-hybridized carbons (Fsp3) is 0.450. The Morgan fingerprint density at radius 2 is 2.08 bits per heavy atom. The first-order valence-electron chi connectivity index (χ1n) is 8.78. The van der Waals surface area contributed by atoms with Gasteiger partial charge in [0.05, 0.1) is 6.61 Å². The molecule has 1 aromatic carbocycles. The van der Waals surface area contributed by atoms with Gasteiger partial charge in [0.2, 0.25) is 0 Å². The highest BCUT2D eigenvalue weighted by atomic mass is 16.5. The lowest BCUT2D eigenvalue weighted by Gasteiger charge is -2.32. The minimum atomic E-state index is 0.592. The van der Waals surface area contributed by atoms with Crippen LogP contribution in [0.2, 0.25) is 0 Å². The summed E-state index contributed by atoms with van der Waals surface area (Å²) in [6, 6.07) is 12.5. The van der Waals surface area contributed by atoms with E-state index in [9.17, 15) is 0 Å². The van der Waals surface area contributed by atoms with Crippen molar-refractivity contribution in [2.45, 2.75) is 26.3 Å². The highest BCUT2D eigenvalue weighted by Gasteiger charge is 2.21. The number of ether oxygens (including phenoxy) is 1. The van der Waals surface area contributed by atoms with Gasteiger partial charge < -0.3 is 10.1 Å². The summed E-state index contributed by atoms with van der Waals surface area (Å²) >= 11 is 0. The van der Waals surface area contributed by atoms with Gasteiger partial charge in [0.25, 0.3) is 0 Å². The predicted octanol–water partition coefficient (Wildman–Crippen LogP) is 3.72. The minimum absolute atomic E-state index is 0.592. The molecular weight excluding hydrogens is 298 g/mol. The molecule has 0 spiro atoms. The fourth-order valence-electron chi connectivity index (χ4n) is 3.31. The minimum Gasteiger partial charge on any atom is -0.493 e. The van der Waals surface area contributed by atoms with E-state index in [2.05, 4.69) is 52.5 Å². The fourth-order valence-corrected chi connectivity index (χ4v) is 3.31. The molecule has 1 aliphatic heterocycles. The molecule has 2 aromatic rings. The van der Waals surface area contributed by atoms with E-state index in [4.69, 9.17) is 4.74 Å². The van der Waals surface area contributed by atoms with Gasteiger partial charge in [-0.05, 0) is 44.5 Å². The number of rotatable bonds is 6. The van der Waals surface area contributed by atoms with Gasteiger partial charge in [-0.2, -0.15) is 0 Å². The quantitative estimate of drug-likeness (QED) is 0.878. The molecule has 1 saturated heterocycles. The van der Waals surface area contributed by atoms with Gasteiger partial charge in [0.15, 0.2) is 0 Å². The molecule has 2 heterocycles. The van der Waals surface area contributed by atoms with Gasteiger partial charge in [-0.1, -0.05) is 23.8 Å². The van der Waals surface area contributed by atoms with Gasteiger partial charge in [-0.3, -0.25) is 4.90 Å². The summed E-state index contributed by atoms with van der Waals surface area (Å²) in [5.74, 6) is 2.55. The lowest BCUT2D eigenvalue weighted by Crippen LogP contribution is -2.37. The molecule has 0 saturated carbocycles. The van der Waals surface area contributed by atoms with Crippen LogP contribution in [0.3, 0.4) is 0 Å². The molecule has 1 atom stereocenters. The van der Waals surface area contributed by atoms with Gasteiger partial charge in [-0.25, -0.2) is 4.98 Å². The molecule has 1 aliphatic rings. The van der Waals surface area contributed by atoms with Crippen LogP contribution in [0.5, 0.6) is 5.75 Å². The summed E-state index contributed by atoms with van der Waals surface area (Å²) in [4.78, 5) is 6.92. The Kier molecular flexibility index (Phi) is 5.70. The molecule has 1 N–H and O–H groups in total. The van der Waals surface area contributed by atoms with Crippen LogP contribution >= 0.6 is 0 Å². The number of likely N-dealkylation sites (tertiary alicyclic amines) is 1. The Morgan fingerprint density at radius 3 is 2.88 bits per heavy atom. The summed E-state index contributed by atoms with van der Waals surface area (Å²) in [5.41, 5.74) is 2.53. The number of hydrogen-bond donors (Lipinski definition) is 1. The van der Waals surface area contributed by atoms with Crippen LogP contribution in [-0.2, 0) is 6.54 Å². The topological polar surface area (TPSA) is 37.4 Å². The molecule has 1 aromatic heterocycles. The number of aryl methyl sites for hydroxylation is 1. The number of hydrogen-bond acceptors (Lipinski definition) is 4. The van der Waals surface area contributed by atoms with E-state index in [1.165, 1.54) is 24.0 Å². The number of nitrogens with one attached hydrogen (secondary N) is 1. The molecule has 24 heavy (non-hydrogen) atoms. The molecule has 3 rings (SSSR count). The SMILES string of the molecule is CNc1ncccc1CN1CCC[C@H](COc2ccc(C)cc2)C1. The van der Waals surface area contributed by atoms with Crippen molar-refractivity contribution in [1.82, 2.24) is 9.88 Å². The van der Waals surface area contributed by atoms with Gasteiger partial charge in [0, 0.05) is 37.8 Å². The second-order valence-corrected chi connectivity index (χ2v) is 6.63. The van der Waals surface area contributed by atoms with Crippen LogP contribution in [0, 0.1) is 12.8 Å². The smallest absolute Gasteiger partial charge is 0.130 e. The number of aromatic nitrogens is 1. The summed E-state index contributed by atoms with van der Waals surface area (Å²) in [7, 11) is 1.93. The predicted molar refractivity (Wildman–Crippen MR) is 98.5 cm³/mol. The van der Waals surface area contributed by atoms with Crippen molar-refractivity contribution >= 4 is 5.82 Å². The first-order chi connectivity index (χ1) is 11.7. The molecule has 0 unspecified atom stereocenters. The van der Waals surface area contributed by atoms with Gasteiger partial charge >= 0.3 is 0 Å². The summed E-state index contributed by atoms with van der Waals surface area (Å²) in [6.07, 6.45) is 4.31. The maximum absolute atomic E-state index is 5.99. The second-order valence-electron chi connectivity index (χ2n) is 6.63. The highest BCUT2D eigenvalue weighted by Crippen LogP contribution is 2.22. The zero-order chi connectivity index (χ0) is 16.8. The Hall–Kier alpha value is -2.07. The first-order valence-corrected chi connectivity index (χ1v) is 8.78. The molecule has 0 bridgehead atoms. The van der Waals surface area contributed by atoms with E-state index in [1.807, 2.05) is 19.3 Å². The third kappa shape index (κ3) is 4.48. The van der Waals surface area contributed by atoms with Crippen molar-refractivity contribution < 1.29 is 4.74 Å². The highest BCUT2D eigenvalue weighted by molar-refractivity contribution is 5.42. The van der Waals surface area contributed by atoms with Gasteiger partial charge in [-0.15, -0.1) is 0 Å². The van der Waals surface area contributed by atoms with E-state index in [0.29, 0.717) is 5.92 Å². The Bertz CT molecular complexity index is 642. The number of piperidine rings is 1. The zero-order valence-electron chi connectivity index (χ0n) is 14.7. The van der Waals surface area contributed by atoms with Crippen LogP contribution in [0.1, 0.15) is 24.0 Å². The van der Waals surface area contributed by atoms with Crippen molar-refractivity contribution in [2.75, 3.05) is 32.1 Å². The standard InChI is InChI=1S/C20H27N3O/c1-16-7-9-19(10-8-16)24-15-17-5-4-12-23(13-17)14-18-6-3-11-22-20(18)21-2/h3,6-11,17H,4-5,12-15H2,1-2H3,(H,21,22)/t17-/m0/s1. The normalized spacial score (nSPS) is 18.3. The molecule has 128 valence electrons. The largest absolute Gasteiger partial charge is 0.493 e. The molecule has 4 nitrogen and oxygen atoms in total. The number of benzene rings is 1. The molecule has 1 fully saturated rings. The van der Waals surface area contributed by atoms with Crippen LogP contribution in [0.4, 0.5) is 5.82 Å². The monoisotopic (exact) mass is 325 g/mol. The van der Waals surface area contributed by atoms with E-state index in [1.54, 1.807) is 0 Å². The maximum Gasteiger partial charge on any atom is 0.130 e. The lowest BCUT2D eigenvalue weighted by molar-refractivity contribution is 0.125. The summed E-state index contributed by atoms with van der Waals surface area (Å²) < 4.78 is 5.99. The van der Waals surface area contributed by atoms with Crippen molar-refractivity contribution in [2.24, 2.45) is 5.92 Å². The Balaban J connectivity index is 1.53. The molecule has 4 heteroatoms. The van der Waals surface area contributed by atoms with Crippen molar-refractivity contribution in [3.05, 3.63) is 53.7 Å². The average Bonchev–Trinajstić information content (AvgIpc) is 2.62. The Labute approximate surface area is 144 Å². The number of pyridine rings is 1. The first kappa shape index (κ1) is 16.8. The van der Waals surface area contributed by atoms with Crippen LogP contribution in [0.15, 0.2) is 42.6 Å². The van der Waals surface area contributed by atoms with E-state index in [-0.39, 0.29) is 0 Å². The van der Waals surface area contributed by atoms with Crippen LogP contribution in [-0.4, -0.2) is 36.6 Å². The van der Waals surface area contributed by atoms with E-state index < -0.39 is 0 Å². The second kappa shape index (κ2) is 8.15. The molecule has 0 aliphatic carbocycles. The zero-order valence-corrected chi connectivity index (χ0v) is 14.7. The molecule has 0 amide bonds.